The van der Waals surface area contributed by atoms with Crippen molar-refractivity contribution < 1.29 is 22.7 Å². The third-order valence-electron chi connectivity index (χ3n) is 4.13. The van der Waals surface area contributed by atoms with Crippen LogP contribution in [0.4, 0.5) is 5.69 Å². The molecule has 3 rings (SSSR count). The van der Waals surface area contributed by atoms with Crippen molar-refractivity contribution >= 4 is 27.5 Å². The standard InChI is InChI=1S/C18H19N3O5S/c1-19-17(22)11-26-14-5-7-15(8-6-14)27(24,25)20-13-4-3-12-10-21(2)18(23)16(12)9-13/h3-9,20H,10-11H2,1-2H3,(H,19,22). The summed E-state index contributed by atoms with van der Waals surface area (Å²) >= 11 is 0. The van der Waals surface area contributed by atoms with Crippen LogP contribution in [0.25, 0.3) is 0 Å². The van der Waals surface area contributed by atoms with Crippen LogP contribution in [0.2, 0.25) is 0 Å². The van der Waals surface area contributed by atoms with Crippen LogP contribution in [-0.4, -0.2) is 45.8 Å². The topological polar surface area (TPSA) is 105 Å². The van der Waals surface area contributed by atoms with E-state index in [9.17, 15) is 18.0 Å². The first kappa shape index (κ1) is 18.7. The normalized spacial score (nSPS) is 13.3. The number of hydrogen-bond donors (Lipinski definition) is 2. The smallest absolute Gasteiger partial charge is 0.261 e. The molecule has 0 saturated carbocycles. The van der Waals surface area contributed by atoms with E-state index < -0.39 is 10.0 Å². The monoisotopic (exact) mass is 389 g/mol. The Morgan fingerprint density at radius 2 is 1.89 bits per heavy atom. The Hall–Kier alpha value is -3.07. The van der Waals surface area contributed by atoms with Gasteiger partial charge in [-0.1, -0.05) is 6.07 Å². The number of amides is 2. The summed E-state index contributed by atoms with van der Waals surface area (Å²) < 4.78 is 32.8. The van der Waals surface area contributed by atoms with E-state index in [-0.39, 0.29) is 23.3 Å². The molecule has 0 bridgehead atoms. The molecule has 0 saturated heterocycles. The predicted octanol–water partition coefficient (Wildman–Crippen LogP) is 1.20. The highest BCUT2D eigenvalue weighted by Gasteiger charge is 2.25. The van der Waals surface area contributed by atoms with Gasteiger partial charge in [-0.2, -0.15) is 0 Å². The molecule has 27 heavy (non-hydrogen) atoms. The average Bonchev–Trinajstić information content (AvgIpc) is 2.94. The Kier molecular flexibility index (Phi) is 5.04. The zero-order valence-corrected chi connectivity index (χ0v) is 15.7. The number of carbonyl (C=O) groups excluding carboxylic acids is 2. The van der Waals surface area contributed by atoms with Crippen molar-refractivity contribution in [2.75, 3.05) is 25.4 Å². The van der Waals surface area contributed by atoms with Gasteiger partial charge in [0.15, 0.2) is 6.61 Å². The summed E-state index contributed by atoms with van der Waals surface area (Å²) in [6, 6.07) is 10.6. The Morgan fingerprint density at radius 3 is 2.56 bits per heavy atom. The molecule has 1 aliphatic rings. The maximum atomic E-state index is 12.6. The van der Waals surface area contributed by atoms with Crippen LogP contribution in [0.1, 0.15) is 15.9 Å². The molecular formula is C18H19N3O5S. The molecule has 9 heteroatoms. The van der Waals surface area contributed by atoms with Gasteiger partial charge in [-0.3, -0.25) is 14.3 Å². The lowest BCUT2D eigenvalue weighted by Gasteiger charge is -2.10. The van der Waals surface area contributed by atoms with Gasteiger partial charge in [0, 0.05) is 31.9 Å². The molecule has 0 aliphatic carbocycles. The van der Waals surface area contributed by atoms with Crippen LogP contribution < -0.4 is 14.8 Å². The Bertz CT molecular complexity index is 987. The van der Waals surface area contributed by atoms with Gasteiger partial charge in [0.2, 0.25) is 0 Å². The van der Waals surface area contributed by atoms with Crippen molar-refractivity contribution in [3.8, 4) is 5.75 Å². The van der Waals surface area contributed by atoms with Crippen molar-refractivity contribution in [1.82, 2.24) is 10.2 Å². The molecular weight excluding hydrogens is 370 g/mol. The molecule has 0 atom stereocenters. The van der Waals surface area contributed by atoms with Crippen molar-refractivity contribution in [2.45, 2.75) is 11.4 Å². The fraction of sp³-hybridized carbons (Fsp3) is 0.222. The molecule has 1 aliphatic heterocycles. The minimum Gasteiger partial charge on any atom is -0.484 e. The van der Waals surface area contributed by atoms with Crippen LogP contribution in [-0.2, 0) is 21.4 Å². The number of anilines is 1. The second-order valence-electron chi connectivity index (χ2n) is 6.07. The highest BCUT2D eigenvalue weighted by atomic mass is 32.2. The van der Waals surface area contributed by atoms with Crippen molar-refractivity contribution in [3.63, 3.8) is 0 Å². The lowest BCUT2D eigenvalue weighted by atomic mass is 10.1. The minimum atomic E-state index is -3.82. The molecule has 2 aromatic carbocycles. The number of ether oxygens (including phenoxy) is 1. The number of carbonyl (C=O) groups is 2. The van der Waals surface area contributed by atoms with Gasteiger partial charge >= 0.3 is 0 Å². The maximum Gasteiger partial charge on any atom is 0.261 e. The van der Waals surface area contributed by atoms with Crippen LogP contribution in [0.5, 0.6) is 5.75 Å². The first-order valence-electron chi connectivity index (χ1n) is 8.15. The molecule has 8 nitrogen and oxygen atoms in total. The van der Waals surface area contributed by atoms with Gasteiger partial charge in [-0.25, -0.2) is 8.42 Å². The van der Waals surface area contributed by atoms with E-state index in [0.29, 0.717) is 23.5 Å². The van der Waals surface area contributed by atoms with Gasteiger partial charge in [0.1, 0.15) is 5.75 Å². The maximum absolute atomic E-state index is 12.6. The quantitative estimate of drug-likeness (QED) is 0.772. The third-order valence-corrected chi connectivity index (χ3v) is 5.53. The summed E-state index contributed by atoms with van der Waals surface area (Å²) in [7, 11) is -0.632. The van der Waals surface area contributed by atoms with Gasteiger partial charge < -0.3 is 15.0 Å². The zero-order valence-electron chi connectivity index (χ0n) is 14.9. The average molecular weight is 389 g/mol. The Morgan fingerprint density at radius 1 is 1.19 bits per heavy atom. The fourth-order valence-electron chi connectivity index (χ4n) is 2.66. The third kappa shape index (κ3) is 4.03. The molecule has 1 heterocycles. The van der Waals surface area contributed by atoms with Crippen LogP contribution in [0.3, 0.4) is 0 Å². The van der Waals surface area contributed by atoms with E-state index in [4.69, 9.17) is 4.74 Å². The highest BCUT2D eigenvalue weighted by Crippen LogP contribution is 2.26. The Balaban J connectivity index is 1.74. The Labute approximate surface area is 157 Å². The molecule has 0 unspecified atom stereocenters. The van der Waals surface area contributed by atoms with E-state index in [0.717, 1.165) is 5.56 Å². The van der Waals surface area contributed by atoms with E-state index in [2.05, 4.69) is 10.0 Å². The number of sulfonamides is 1. The summed E-state index contributed by atoms with van der Waals surface area (Å²) in [6.45, 7) is 0.358. The summed E-state index contributed by atoms with van der Waals surface area (Å²) in [4.78, 5) is 24.8. The van der Waals surface area contributed by atoms with Gasteiger partial charge in [-0.15, -0.1) is 0 Å². The lowest BCUT2D eigenvalue weighted by Crippen LogP contribution is -2.24. The van der Waals surface area contributed by atoms with Gasteiger partial charge in [-0.05, 0) is 42.0 Å². The van der Waals surface area contributed by atoms with Crippen LogP contribution in [0, 0.1) is 0 Å². The summed E-state index contributed by atoms with van der Waals surface area (Å²) in [5, 5.41) is 2.42. The van der Waals surface area contributed by atoms with Crippen LogP contribution in [0.15, 0.2) is 47.4 Å². The van der Waals surface area contributed by atoms with Crippen molar-refractivity contribution in [2.24, 2.45) is 0 Å². The number of benzene rings is 2. The van der Waals surface area contributed by atoms with Gasteiger partial charge in [0.25, 0.3) is 21.8 Å². The molecule has 0 fully saturated rings. The summed E-state index contributed by atoms with van der Waals surface area (Å²) in [5.41, 5.74) is 1.68. The zero-order chi connectivity index (χ0) is 19.6. The molecule has 2 amide bonds. The lowest BCUT2D eigenvalue weighted by molar-refractivity contribution is -0.122. The molecule has 0 radical (unpaired) electrons. The summed E-state index contributed by atoms with van der Waals surface area (Å²) in [5.74, 6) is -0.0439. The molecule has 2 aromatic rings. The van der Waals surface area contributed by atoms with E-state index in [1.807, 2.05) is 0 Å². The number of likely N-dealkylation sites (N-methyl/N-ethyl adjacent to an activating group) is 1. The molecule has 142 valence electrons. The second-order valence-corrected chi connectivity index (χ2v) is 7.75. The minimum absolute atomic E-state index is 0.0405. The first-order valence-corrected chi connectivity index (χ1v) is 9.63. The van der Waals surface area contributed by atoms with E-state index >= 15 is 0 Å². The van der Waals surface area contributed by atoms with Gasteiger partial charge in [0.05, 0.1) is 4.90 Å². The second kappa shape index (κ2) is 7.28. The van der Waals surface area contributed by atoms with E-state index in [1.165, 1.54) is 31.3 Å². The fourth-order valence-corrected chi connectivity index (χ4v) is 3.71. The summed E-state index contributed by atoms with van der Waals surface area (Å²) in [6.07, 6.45) is 0. The van der Waals surface area contributed by atoms with Crippen molar-refractivity contribution in [3.05, 3.63) is 53.6 Å². The molecule has 0 spiro atoms. The number of nitrogens with one attached hydrogen (secondary N) is 2. The molecule has 2 N–H and O–H groups in total. The highest BCUT2D eigenvalue weighted by molar-refractivity contribution is 7.92. The SMILES string of the molecule is CNC(=O)COc1ccc(S(=O)(=O)Nc2ccc3c(c2)C(=O)N(C)C3)cc1. The number of hydrogen-bond acceptors (Lipinski definition) is 5. The molecule has 0 aromatic heterocycles. The first-order chi connectivity index (χ1) is 12.8. The number of fused-ring (bicyclic) bond motifs is 1. The largest absolute Gasteiger partial charge is 0.484 e. The predicted molar refractivity (Wildman–Crippen MR) is 99.1 cm³/mol. The van der Waals surface area contributed by atoms with Crippen LogP contribution >= 0.6 is 0 Å². The number of rotatable bonds is 6. The van der Waals surface area contributed by atoms with Crippen molar-refractivity contribution in [1.29, 1.82) is 0 Å². The van der Waals surface area contributed by atoms with E-state index in [1.54, 1.807) is 30.1 Å². The number of nitrogens with zero attached hydrogens (tertiary/aromatic N) is 1.